The standard InChI is InChI=1S/C18H27N3O2.C2HF3O2/c1-19(2)16-8-9-21(18(22)20-10-12-23-13-11-20)17(16)14-15-6-4-3-5-7-15;3-2(4,5)1(6)7/h3-7,16-17H,8-14H2,1-2H3;(H,6,7)/t16-,17+;/m1./s1. The Hall–Kier alpha value is -2.33. The molecule has 0 aliphatic carbocycles. The molecule has 3 rings (SSSR count). The van der Waals surface area contributed by atoms with Crippen LogP contribution in [0.4, 0.5) is 18.0 Å². The monoisotopic (exact) mass is 431 g/mol. The average molecular weight is 431 g/mol. The second-order valence-electron chi connectivity index (χ2n) is 7.46. The number of benzene rings is 1. The Balaban J connectivity index is 0.000000396. The number of carboxylic acid groups (broad SMARTS) is 1. The van der Waals surface area contributed by atoms with Crippen molar-refractivity contribution in [2.75, 3.05) is 46.9 Å². The number of ether oxygens (including phenoxy) is 1. The first-order valence-electron chi connectivity index (χ1n) is 9.75. The largest absolute Gasteiger partial charge is 0.490 e. The van der Waals surface area contributed by atoms with E-state index in [1.807, 2.05) is 11.0 Å². The first kappa shape index (κ1) is 23.9. The van der Waals surface area contributed by atoms with Crippen molar-refractivity contribution in [2.24, 2.45) is 0 Å². The molecule has 168 valence electrons. The highest BCUT2D eigenvalue weighted by Gasteiger charge is 2.40. The van der Waals surface area contributed by atoms with Gasteiger partial charge in [-0.05, 0) is 32.5 Å². The molecule has 0 aromatic heterocycles. The molecule has 30 heavy (non-hydrogen) atoms. The summed E-state index contributed by atoms with van der Waals surface area (Å²) in [6.45, 7) is 3.57. The van der Waals surface area contributed by atoms with Crippen LogP contribution in [-0.4, -0.2) is 97.0 Å². The summed E-state index contributed by atoms with van der Waals surface area (Å²) >= 11 is 0. The van der Waals surface area contributed by atoms with Crippen molar-refractivity contribution in [3.63, 3.8) is 0 Å². The van der Waals surface area contributed by atoms with E-state index < -0.39 is 12.1 Å². The van der Waals surface area contributed by atoms with Crippen molar-refractivity contribution in [3.8, 4) is 0 Å². The molecule has 1 aromatic carbocycles. The Kier molecular flexibility index (Phi) is 8.48. The Morgan fingerprint density at radius 1 is 1.13 bits per heavy atom. The third-order valence-corrected chi connectivity index (χ3v) is 5.23. The highest BCUT2D eigenvalue weighted by molar-refractivity contribution is 5.75. The van der Waals surface area contributed by atoms with Crippen molar-refractivity contribution in [2.45, 2.75) is 31.1 Å². The summed E-state index contributed by atoms with van der Waals surface area (Å²) in [7, 11) is 4.23. The zero-order chi connectivity index (χ0) is 22.3. The number of aliphatic carboxylic acids is 1. The van der Waals surface area contributed by atoms with Gasteiger partial charge < -0.3 is 24.5 Å². The van der Waals surface area contributed by atoms with Gasteiger partial charge in [-0.2, -0.15) is 13.2 Å². The molecule has 2 amide bonds. The SMILES string of the molecule is CN(C)[C@@H]1CCN(C(=O)N2CCOCC2)[C@H]1Cc1ccccc1.O=C(O)C(F)(F)F. The minimum Gasteiger partial charge on any atom is -0.475 e. The number of carboxylic acids is 1. The predicted molar refractivity (Wildman–Crippen MR) is 104 cm³/mol. The summed E-state index contributed by atoms with van der Waals surface area (Å²) < 4.78 is 37.1. The van der Waals surface area contributed by atoms with E-state index in [2.05, 4.69) is 48.2 Å². The fourth-order valence-electron chi connectivity index (χ4n) is 3.72. The van der Waals surface area contributed by atoms with Gasteiger partial charge in [0.25, 0.3) is 0 Å². The zero-order valence-corrected chi connectivity index (χ0v) is 17.1. The van der Waals surface area contributed by atoms with Crippen molar-refractivity contribution in [1.29, 1.82) is 0 Å². The fourth-order valence-corrected chi connectivity index (χ4v) is 3.72. The summed E-state index contributed by atoms with van der Waals surface area (Å²) in [5.41, 5.74) is 1.30. The number of halogens is 3. The molecule has 0 unspecified atom stereocenters. The van der Waals surface area contributed by atoms with Gasteiger partial charge in [-0.1, -0.05) is 30.3 Å². The average Bonchev–Trinajstić information content (AvgIpc) is 3.12. The summed E-state index contributed by atoms with van der Waals surface area (Å²) in [4.78, 5) is 28.1. The summed E-state index contributed by atoms with van der Waals surface area (Å²) in [6.07, 6.45) is -3.12. The molecule has 7 nitrogen and oxygen atoms in total. The second kappa shape index (κ2) is 10.6. The van der Waals surface area contributed by atoms with Crippen LogP contribution < -0.4 is 0 Å². The number of urea groups is 1. The number of alkyl halides is 3. The van der Waals surface area contributed by atoms with E-state index in [4.69, 9.17) is 14.6 Å². The van der Waals surface area contributed by atoms with Crippen LogP contribution in [0, 0.1) is 0 Å². The molecule has 0 spiro atoms. The second-order valence-corrected chi connectivity index (χ2v) is 7.46. The summed E-state index contributed by atoms with van der Waals surface area (Å²) in [5, 5.41) is 7.12. The first-order valence-corrected chi connectivity index (χ1v) is 9.75. The van der Waals surface area contributed by atoms with Crippen molar-refractivity contribution < 1.29 is 32.6 Å². The van der Waals surface area contributed by atoms with Crippen LogP contribution in [0.15, 0.2) is 30.3 Å². The summed E-state index contributed by atoms with van der Waals surface area (Å²) in [5.74, 6) is -2.76. The molecule has 0 radical (unpaired) electrons. The summed E-state index contributed by atoms with van der Waals surface area (Å²) in [6, 6.07) is 11.3. The van der Waals surface area contributed by atoms with Gasteiger partial charge in [0.2, 0.25) is 0 Å². The number of likely N-dealkylation sites (N-methyl/N-ethyl adjacent to an activating group) is 1. The lowest BCUT2D eigenvalue weighted by atomic mass is 9.99. The van der Waals surface area contributed by atoms with Crippen molar-refractivity contribution in [1.82, 2.24) is 14.7 Å². The quantitative estimate of drug-likeness (QED) is 0.795. The molecule has 0 saturated carbocycles. The van der Waals surface area contributed by atoms with Gasteiger partial charge in [0.1, 0.15) is 0 Å². The lowest BCUT2D eigenvalue weighted by Gasteiger charge is -2.36. The van der Waals surface area contributed by atoms with Crippen LogP contribution in [0.2, 0.25) is 0 Å². The number of morpholine rings is 1. The molecular formula is C20H28F3N3O4. The first-order chi connectivity index (χ1) is 14.1. The Bertz CT molecular complexity index is 694. The number of hydrogen-bond acceptors (Lipinski definition) is 4. The van der Waals surface area contributed by atoms with Crippen LogP contribution in [0.3, 0.4) is 0 Å². The smallest absolute Gasteiger partial charge is 0.475 e. The number of amides is 2. The zero-order valence-electron chi connectivity index (χ0n) is 17.1. The lowest BCUT2D eigenvalue weighted by Crippen LogP contribution is -2.52. The number of rotatable bonds is 3. The molecular weight excluding hydrogens is 403 g/mol. The van der Waals surface area contributed by atoms with Gasteiger partial charge in [0.05, 0.1) is 19.3 Å². The number of likely N-dealkylation sites (tertiary alicyclic amines) is 1. The van der Waals surface area contributed by atoms with Gasteiger partial charge >= 0.3 is 18.2 Å². The number of nitrogens with zero attached hydrogens (tertiary/aromatic N) is 3. The van der Waals surface area contributed by atoms with Crippen LogP contribution in [0.5, 0.6) is 0 Å². The van der Waals surface area contributed by atoms with Crippen molar-refractivity contribution in [3.05, 3.63) is 35.9 Å². The molecule has 1 N–H and O–H groups in total. The lowest BCUT2D eigenvalue weighted by molar-refractivity contribution is -0.192. The fraction of sp³-hybridized carbons (Fsp3) is 0.600. The Labute approximate surface area is 174 Å². The van der Waals surface area contributed by atoms with Crippen molar-refractivity contribution >= 4 is 12.0 Å². The Morgan fingerprint density at radius 2 is 1.70 bits per heavy atom. The number of carbonyl (C=O) groups excluding carboxylic acids is 1. The van der Waals surface area contributed by atoms with Gasteiger partial charge in [-0.25, -0.2) is 9.59 Å². The predicted octanol–water partition coefficient (Wildman–Crippen LogP) is 2.32. The minimum absolute atomic E-state index is 0.179. The normalized spacial score (nSPS) is 21.9. The maximum atomic E-state index is 12.9. The maximum absolute atomic E-state index is 12.9. The molecule has 2 atom stereocenters. The highest BCUT2D eigenvalue weighted by atomic mass is 19.4. The molecule has 2 fully saturated rings. The number of carbonyl (C=O) groups is 2. The van der Waals surface area contributed by atoms with E-state index in [9.17, 15) is 18.0 Å². The maximum Gasteiger partial charge on any atom is 0.490 e. The van der Waals surface area contributed by atoms with Crippen LogP contribution >= 0.6 is 0 Å². The van der Waals surface area contributed by atoms with Gasteiger partial charge in [0.15, 0.2) is 0 Å². The van der Waals surface area contributed by atoms with Gasteiger partial charge in [-0.3, -0.25) is 0 Å². The Morgan fingerprint density at radius 3 is 2.20 bits per heavy atom. The van der Waals surface area contributed by atoms with Crippen LogP contribution in [-0.2, 0) is 16.0 Å². The van der Waals surface area contributed by atoms with E-state index in [1.165, 1.54) is 5.56 Å². The number of hydrogen-bond donors (Lipinski definition) is 1. The topological polar surface area (TPSA) is 73.3 Å². The molecule has 0 bridgehead atoms. The molecule has 2 saturated heterocycles. The van der Waals surface area contributed by atoms with E-state index in [0.29, 0.717) is 32.3 Å². The molecule has 10 heteroatoms. The molecule has 2 aliphatic heterocycles. The van der Waals surface area contributed by atoms with Gasteiger partial charge in [-0.15, -0.1) is 0 Å². The van der Waals surface area contributed by atoms with Crippen LogP contribution in [0.25, 0.3) is 0 Å². The van der Waals surface area contributed by atoms with E-state index in [-0.39, 0.29) is 12.1 Å². The molecule has 1 aromatic rings. The van der Waals surface area contributed by atoms with Crippen LogP contribution in [0.1, 0.15) is 12.0 Å². The third kappa shape index (κ3) is 6.60. The third-order valence-electron chi connectivity index (χ3n) is 5.23. The molecule has 2 aliphatic rings. The minimum atomic E-state index is -5.08. The van der Waals surface area contributed by atoms with E-state index >= 15 is 0 Å². The molecule has 2 heterocycles. The van der Waals surface area contributed by atoms with E-state index in [0.717, 1.165) is 19.4 Å². The van der Waals surface area contributed by atoms with E-state index in [1.54, 1.807) is 0 Å². The highest BCUT2D eigenvalue weighted by Crippen LogP contribution is 2.26. The van der Waals surface area contributed by atoms with Gasteiger partial charge in [0, 0.05) is 25.7 Å².